The van der Waals surface area contributed by atoms with Gasteiger partial charge in [0.25, 0.3) is 5.91 Å². The lowest BCUT2D eigenvalue weighted by Crippen LogP contribution is -2.41. The topological polar surface area (TPSA) is 62.3 Å². The van der Waals surface area contributed by atoms with Gasteiger partial charge < -0.3 is 10.2 Å². The molecule has 1 aliphatic rings. The average molecular weight is 490 g/mol. The van der Waals surface area contributed by atoms with Gasteiger partial charge in [-0.25, -0.2) is 4.98 Å². The number of thiophene rings is 1. The van der Waals surface area contributed by atoms with Crippen molar-refractivity contribution in [1.29, 1.82) is 0 Å². The highest BCUT2D eigenvalue weighted by molar-refractivity contribution is 9.10. The van der Waals surface area contributed by atoms with E-state index in [0.717, 1.165) is 25.5 Å². The molecule has 1 N–H and O–H groups in total. The molecule has 0 radical (unpaired) electrons. The predicted octanol–water partition coefficient (Wildman–Crippen LogP) is 5.43. The largest absolute Gasteiger partial charge is 0.338 e. The number of piperidine rings is 1. The Bertz CT molecular complexity index is 1020. The molecule has 1 fully saturated rings. The van der Waals surface area contributed by atoms with Crippen LogP contribution in [0.4, 0.5) is 5.13 Å². The number of anilines is 1. The lowest BCUT2D eigenvalue weighted by Gasteiger charge is -2.30. The van der Waals surface area contributed by atoms with Crippen LogP contribution in [0.2, 0.25) is 0 Å². The molecule has 1 aromatic carbocycles. The maximum absolute atomic E-state index is 12.9. The number of nitrogens with zero attached hydrogens (tertiary/aromatic N) is 2. The standard InChI is InChI=1S/C21H20BrN3O2S2/c1-13-12-28-21(23-13)24-19(26)15-8-10-25(11-9-15)20(27)18-7-6-17(29-18)14-2-4-16(22)5-3-14/h2-7,12,15H,8-11H2,1H3,(H,23,24,26). The fourth-order valence-corrected chi connectivity index (χ4v) is 5.28. The molecule has 8 heteroatoms. The van der Waals surface area contributed by atoms with Crippen molar-refractivity contribution in [3.8, 4) is 10.4 Å². The maximum Gasteiger partial charge on any atom is 0.263 e. The van der Waals surface area contributed by atoms with E-state index in [0.29, 0.717) is 31.1 Å². The molecule has 0 aliphatic carbocycles. The highest BCUT2D eigenvalue weighted by atomic mass is 79.9. The van der Waals surface area contributed by atoms with E-state index in [1.807, 2.05) is 53.6 Å². The van der Waals surface area contributed by atoms with E-state index >= 15 is 0 Å². The van der Waals surface area contributed by atoms with Crippen molar-refractivity contribution >= 4 is 55.5 Å². The second-order valence-corrected chi connectivity index (χ2v) is 9.88. The molecule has 0 unspecified atom stereocenters. The minimum Gasteiger partial charge on any atom is -0.338 e. The molecule has 3 aromatic rings. The van der Waals surface area contributed by atoms with E-state index in [2.05, 4.69) is 26.2 Å². The van der Waals surface area contributed by atoms with Gasteiger partial charge in [0.15, 0.2) is 5.13 Å². The molecule has 5 nitrogen and oxygen atoms in total. The van der Waals surface area contributed by atoms with Gasteiger partial charge in [-0.3, -0.25) is 9.59 Å². The second-order valence-electron chi connectivity index (χ2n) is 7.02. The van der Waals surface area contributed by atoms with Crippen LogP contribution in [0.15, 0.2) is 46.3 Å². The summed E-state index contributed by atoms with van der Waals surface area (Å²) in [6.45, 7) is 3.10. The number of benzene rings is 1. The minimum absolute atomic E-state index is 0.0000900. The van der Waals surface area contributed by atoms with Gasteiger partial charge in [0, 0.05) is 33.7 Å². The van der Waals surface area contributed by atoms with Crippen LogP contribution in [-0.2, 0) is 4.79 Å². The summed E-state index contributed by atoms with van der Waals surface area (Å²) in [5.74, 6) is -0.0298. The van der Waals surface area contributed by atoms with Crippen molar-refractivity contribution in [2.45, 2.75) is 19.8 Å². The monoisotopic (exact) mass is 489 g/mol. The summed E-state index contributed by atoms with van der Waals surface area (Å²) >= 11 is 6.39. The van der Waals surface area contributed by atoms with Crippen LogP contribution in [0.1, 0.15) is 28.2 Å². The highest BCUT2D eigenvalue weighted by Crippen LogP contribution is 2.31. The lowest BCUT2D eigenvalue weighted by molar-refractivity contribution is -0.121. The summed E-state index contributed by atoms with van der Waals surface area (Å²) in [6.07, 6.45) is 1.35. The number of aromatic nitrogens is 1. The zero-order valence-corrected chi connectivity index (χ0v) is 19.1. The molecule has 0 bridgehead atoms. The summed E-state index contributed by atoms with van der Waals surface area (Å²) in [7, 11) is 0. The number of hydrogen-bond acceptors (Lipinski definition) is 5. The van der Waals surface area contributed by atoms with E-state index in [1.54, 1.807) is 0 Å². The van der Waals surface area contributed by atoms with Gasteiger partial charge in [-0.05, 0) is 49.6 Å². The number of thiazole rings is 1. The van der Waals surface area contributed by atoms with Gasteiger partial charge in [0.05, 0.1) is 10.6 Å². The third-order valence-electron chi connectivity index (χ3n) is 4.95. The molecule has 2 aromatic heterocycles. The van der Waals surface area contributed by atoms with E-state index < -0.39 is 0 Å². The minimum atomic E-state index is -0.0788. The molecule has 0 atom stereocenters. The Morgan fingerprint density at radius 1 is 1.14 bits per heavy atom. The molecule has 1 aliphatic heterocycles. The van der Waals surface area contributed by atoms with Crippen LogP contribution in [0.5, 0.6) is 0 Å². The second kappa shape index (κ2) is 8.77. The number of amides is 2. The number of hydrogen-bond donors (Lipinski definition) is 1. The first-order chi connectivity index (χ1) is 14.0. The molecule has 0 saturated carbocycles. The number of carbonyl (C=O) groups is 2. The first kappa shape index (κ1) is 20.3. The van der Waals surface area contributed by atoms with Crippen LogP contribution in [-0.4, -0.2) is 34.8 Å². The van der Waals surface area contributed by atoms with Crippen LogP contribution in [0.25, 0.3) is 10.4 Å². The van der Waals surface area contributed by atoms with Crippen LogP contribution >= 0.6 is 38.6 Å². The summed E-state index contributed by atoms with van der Waals surface area (Å²) in [4.78, 5) is 33.3. The van der Waals surface area contributed by atoms with E-state index in [1.165, 1.54) is 22.7 Å². The normalized spacial score (nSPS) is 14.8. The Morgan fingerprint density at radius 3 is 2.52 bits per heavy atom. The first-order valence-corrected chi connectivity index (χ1v) is 11.9. The number of likely N-dealkylation sites (tertiary alicyclic amines) is 1. The molecular weight excluding hydrogens is 470 g/mol. The van der Waals surface area contributed by atoms with Crippen molar-refractivity contribution in [1.82, 2.24) is 9.88 Å². The van der Waals surface area contributed by atoms with Crippen LogP contribution < -0.4 is 5.32 Å². The van der Waals surface area contributed by atoms with Crippen molar-refractivity contribution in [2.24, 2.45) is 5.92 Å². The number of aryl methyl sites for hydroxylation is 1. The van der Waals surface area contributed by atoms with E-state index in [-0.39, 0.29) is 17.7 Å². The predicted molar refractivity (Wildman–Crippen MR) is 122 cm³/mol. The lowest BCUT2D eigenvalue weighted by atomic mass is 9.96. The number of rotatable bonds is 4. The number of halogens is 1. The van der Waals surface area contributed by atoms with Crippen molar-refractivity contribution in [2.75, 3.05) is 18.4 Å². The van der Waals surface area contributed by atoms with Crippen molar-refractivity contribution in [3.05, 3.63) is 56.8 Å². The van der Waals surface area contributed by atoms with Gasteiger partial charge in [0.1, 0.15) is 0 Å². The smallest absolute Gasteiger partial charge is 0.263 e. The molecule has 0 spiro atoms. The van der Waals surface area contributed by atoms with Gasteiger partial charge in [-0.15, -0.1) is 22.7 Å². The SMILES string of the molecule is Cc1csc(NC(=O)C2CCN(C(=O)c3ccc(-c4ccc(Br)cc4)s3)CC2)n1. The molecule has 1 saturated heterocycles. The maximum atomic E-state index is 12.9. The molecule has 2 amide bonds. The Morgan fingerprint density at radius 2 is 1.86 bits per heavy atom. The van der Waals surface area contributed by atoms with Crippen molar-refractivity contribution < 1.29 is 9.59 Å². The Labute approximate surface area is 185 Å². The third kappa shape index (κ3) is 4.76. The summed E-state index contributed by atoms with van der Waals surface area (Å²) < 4.78 is 1.03. The molecule has 29 heavy (non-hydrogen) atoms. The average Bonchev–Trinajstić information content (AvgIpc) is 3.37. The Hall–Kier alpha value is -2.03. The van der Waals surface area contributed by atoms with Gasteiger partial charge in [0.2, 0.25) is 5.91 Å². The molecule has 150 valence electrons. The molecule has 4 rings (SSSR count). The zero-order valence-electron chi connectivity index (χ0n) is 15.9. The number of nitrogens with one attached hydrogen (secondary N) is 1. The quantitative estimate of drug-likeness (QED) is 0.530. The summed E-state index contributed by atoms with van der Waals surface area (Å²) in [6, 6.07) is 12.0. The van der Waals surface area contributed by atoms with Crippen molar-refractivity contribution in [3.63, 3.8) is 0 Å². The van der Waals surface area contributed by atoms with Gasteiger partial charge in [-0.2, -0.15) is 0 Å². The third-order valence-corrected chi connectivity index (χ3v) is 7.47. The van der Waals surface area contributed by atoms with Crippen LogP contribution in [0.3, 0.4) is 0 Å². The fourth-order valence-electron chi connectivity index (χ4n) is 3.34. The summed E-state index contributed by atoms with van der Waals surface area (Å²) in [5, 5.41) is 5.46. The highest BCUT2D eigenvalue weighted by Gasteiger charge is 2.28. The zero-order chi connectivity index (χ0) is 20.4. The van der Waals surface area contributed by atoms with E-state index in [9.17, 15) is 9.59 Å². The first-order valence-electron chi connectivity index (χ1n) is 9.37. The number of carbonyl (C=O) groups excluding carboxylic acids is 2. The van der Waals surface area contributed by atoms with Gasteiger partial charge in [-0.1, -0.05) is 28.1 Å². The molecular formula is C21H20BrN3O2S2. The van der Waals surface area contributed by atoms with Crippen LogP contribution in [0, 0.1) is 12.8 Å². The molecule has 3 heterocycles. The van der Waals surface area contributed by atoms with Gasteiger partial charge >= 0.3 is 0 Å². The summed E-state index contributed by atoms with van der Waals surface area (Å²) in [5.41, 5.74) is 2.01. The fraction of sp³-hybridized carbons (Fsp3) is 0.286. The Balaban J connectivity index is 1.34. The Kier molecular flexibility index (Phi) is 6.12. The van der Waals surface area contributed by atoms with E-state index in [4.69, 9.17) is 0 Å².